The Kier molecular flexibility index (Phi) is 5.76. The molecule has 1 heterocycles. The molecule has 126 valence electrons. The van der Waals surface area contributed by atoms with Crippen LogP contribution in [0.1, 0.15) is 24.8 Å². The Morgan fingerprint density at radius 3 is 2.78 bits per heavy atom. The zero-order valence-electron chi connectivity index (χ0n) is 12.8. The zero-order valence-corrected chi connectivity index (χ0v) is 13.6. The molecule has 1 aromatic rings. The van der Waals surface area contributed by atoms with E-state index in [4.69, 9.17) is 11.6 Å². The second-order valence-electron chi connectivity index (χ2n) is 6.10. The van der Waals surface area contributed by atoms with Gasteiger partial charge in [-0.2, -0.15) is 0 Å². The molecule has 1 aromatic carbocycles. The number of carbonyl (C=O) groups is 1. The van der Waals surface area contributed by atoms with Gasteiger partial charge < -0.3 is 10.0 Å². The van der Waals surface area contributed by atoms with Crippen molar-refractivity contribution < 1.29 is 18.7 Å². The smallest absolute Gasteiger partial charge is 0.227 e. The topological polar surface area (TPSA) is 40.5 Å². The fourth-order valence-corrected chi connectivity index (χ4v) is 3.28. The maximum atomic E-state index is 13.3. The number of nitrogens with zero attached hydrogens (tertiary/aromatic N) is 1. The number of aliphatic hydroxyl groups excluding tert-OH is 1. The SMILES string of the molecule is C=CC[C@]1(CO)CCCN(C(=O)Cc2cc(F)c(F)cc2Cl)C1. The van der Waals surface area contributed by atoms with Crippen LogP contribution in [-0.2, 0) is 11.2 Å². The summed E-state index contributed by atoms with van der Waals surface area (Å²) >= 11 is 5.89. The van der Waals surface area contributed by atoms with Crippen molar-refractivity contribution in [2.75, 3.05) is 19.7 Å². The molecule has 0 spiro atoms. The van der Waals surface area contributed by atoms with E-state index in [0.717, 1.165) is 25.0 Å². The van der Waals surface area contributed by atoms with Crippen LogP contribution in [0.2, 0.25) is 5.02 Å². The molecule has 0 aliphatic carbocycles. The summed E-state index contributed by atoms with van der Waals surface area (Å²) in [5.41, 5.74) is -0.104. The van der Waals surface area contributed by atoms with Gasteiger partial charge in [0.1, 0.15) is 0 Å². The molecule has 23 heavy (non-hydrogen) atoms. The number of benzene rings is 1. The van der Waals surface area contributed by atoms with Crippen LogP contribution in [-0.4, -0.2) is 35.6 Å². The second-order valence-corrected chi connectivity index (χ2v) is 6.51. The highest BCUT2D eigenvalue weighted by atomic mass is 35.5. The largest absolute Gasteiger partial charge is 0.396 e. The van der Waals surface area contributed by atoms with Crippen molar-refractivity contribution in [2.45, 2.75) is 25.7 Å². The van der Waals surface area contributed by atoms with Gasteiger partial charge in [-0.25, -0.2) is 8.78 Å². The van der Waals surface area contributed by atoms with Crippen LogP contribution in [0.3, 0.4) is 0 Å². The highest BCUT2D eigenvalue weighted by Gasteiger charge is 2.35. The van der Waals surface area contributed by atoms with E-state index in [0.29, 0.717) is 19.5 Å². The third kappa shape index (κ3) is 4.09. The number of hydrogen-bond donors (Lipinski definition) is 1. The standard InChI is InChI=1S/C17H20ClF2NO2/c1-2-4-17(11-22)5-3-6-21(10-17)16(23)8-12-7-14(19)15(20)9-13(12)18/h2,7,9,22H,1,3-6,8,10-11H2/t17-/m0/s1. The Hall–Kier alpha value is -1.46. The van der Waals surface area contributed by atoms with Gasteiger partial charge in [0.2, 0.25) is 5.91 Å². The molecule has 1 aliphatic heterocycles. The number of aliphatic hydroxyl groups is 1. The fourth-order valence-electron chi connectivity index (χ4n) is 3.06. The minimum absolute atomic E-state index is 0.0191. The maximum absolute atomic E-state index is 13.3. The van der Waals surface area contributed by atoms with E-state index in [-0.39, 0.29) is 34.9 Å². The van der Waals surface area contributed by atoms with E-state index in [1.54, 1.807) is 11.0 Å². The predicted octanol–water partition coefficient (Wildman–Crippen LogP) is 3.34. The van der Waals surface area contributed by atoms with Gasteiger partial charge in [-0.05, 0) is 37.0 Å². The van der Waals surface area contributed by atoms with Crippen molar-refractivity contribution in [3.63, 3.8) is 0 Å². The van der Waals surface area contributed by atoms with Crippen molar-refractivity contribution in [1.82, 2.24) is 4.90 Å². The monoisotopic (exact) mass is 343 g/mol. The second kappa shape index (κ2) is 7.41. The maximum Gasteiger partial charge on any atom is 0.227 e. The molecular weight excluding hydrogens is 324 g/mol. The summed E-state index contributed by atoms with van der Waals surface area (Å²) in [6.45, 7) is 4.70. The van der Waals surface area contributed by atoms with Crippen LogP contribution in [0.25, 0.3) is 0 Å². The number of carbonyl (C=O) groups excluding carboxylic acids is 1. The van der Waals surface area contributed by atoms with Crippen LogP contribution in [0.5, 0.6) is 0 Å². The van der Waals surface area contributed by atoms with Gasteiger partial charge in [0.15, 0.2) is 11.6 Å². The zero-order chi connectivity index (χ0) is 17.0. The highest BCUT2D eigenvalue weighted by Crippen LogP contribution is 2.34. The lowest BCUT2D eigenvalue weighted by atomic mass is 9.77. The third-order valence-corrected chi connectivity index (χ3v) is 4.71. The van der Waals surface area contributed by atoms with Crippen LogP contribution >= 0.6 is 11.6 Å². The van der Waals surface area contributed by atoms with Crippen molar-refractivity contribution in [3.05, 3.63) is 47.0 Å². The summed E-state index contributed by atoms with van der Waals surface area (Å²) in [5.74, 6) is -2.26. The lowest BCUT2D eigenvalue weighted by molar-refractivity contribution is -0.134. The Morgan fingerprint density at radius 1 is 1.43 bits per heavy atom. The summed E-state index contributed by atoms with van der Waals surface area (Å²) < 4.78 is 26.4. The quantitative estimate of drug-likeness (QED) is 0.658. The third-order valence-electron chi connectivity index (χ3n) is 4.36. The first-order valence-electron chi connectivity index (χ1n) is 7.54. The van der Waals surface area contributed by atoms with Gasteiger partial charge in [-0.15, -0.1) is 6.58 Å². The summed E-state index contributed by atoms with van der Waals surface area (Å²) in [4.78, 5) is 14.1. The summed E-state index contributed by atoms with van der Waals surface area (Å²) in [6.07, 6.45) is 3.89. The van der Waals surface area contributed by atoms with Crippen molar-refractivity contribution in [2.24, 2.45) is 5.41 Å². The molecule has 2 rings (SSSR count). The molecular formula is C17H20ClF2NO2. The highest BCUT2D eigenvalue weighted by molar-refractivity contribution is 6.31. The van der Waals surface area contributed by atoms with E-state index in [1.165, 1.54) is 0 Å². The molecule has 6 heteroatoms. The first kappa shape index (κ1) is 17.9. The number of likely N-dealkylation sites (tertiary alicyclic amines) is 1. The van der Waals surface area contributed by atoms with Gasteiger partial charge >= 0.3 is 0 Å². The van der Waals surface area contributed by atoms with E-state index in [1.807, 2.05) is 0 Å². The number of halogens is 3. The molecule has 0 radical (unpaired) electrons. The van der Waals surface area contributed by atoms with Gasteiger partial charge in [-0.3, -0.25) is 4.79 Å². The number of hydrogen-bond acceptors (Lipinski definition) is 2. The van der Waals surface area contributed by atoms with Crippen molar-refractivity contribution >= 4 is 17.5 Å². The van der Waals surface area contributed by atoms with Gasteiger partial charge in [0, 0.05) is 23.5 Å². The molecule has 3 nitrogen and oxygen atoms in total. The fraction of sp³-hybridized carbons (Fsp3) is 0.471. The molecule has 1 saturated heterocycles. The lowest BCUT2D eigenvalue weighted by Gasteiger charge is -2.41. The van der Waals surface area contributed by atoms with E-state index < -0.39 is 11.6 Å². The summed E-state index contributed by atoms with van der Waals surface area (Å²) in [7, 11) is 0. The Balaban J connectivity index is 2.11. The molecule has 0 bridgehead atoms. The number of amides is 1. The molecule has 0 saturated carbocycles. The minimum Gasteiger partial charge on any atom is -0.396 e. The first-order valence-corrected chi connectivity index (χ1v) is 7.91. The molecule has 1 amide bonds. The van der Waals surface area contributed by atoms with Crippen molar-refractivity contribution in [1.29, 1.82) is 0 Å². The number of allylic oxidation sites excluding steroid dienone is 1. The van der Waals surface area contributed by atoms with Gasteiger partial charge in [-0.1, -0.05) is 17.7 Å². The normalized spacial score (nSPS) is 21.3. The van der Waals surface area contributed by atoms with Crippen LogP contribution in [0.4, 0.5) is 8.78 Å². The van der Waals surface area contributed by atoms with Crippen molar-refractivity contribution in [3.8, 4) is 0 Å². The predicted molar refractivity (Wildman–Crippen MR) is 85.2 cm³/mol. The molecule has 0 unspecified atom stereocenters. The van der Waals surface area contributed by atoms with Crippen LogP contribution in [0.15, 0.2) is 24.8 Å². The lowest BCUT2D eigenvalue weighted by Crippen LogP contribution is -2.48. The van der Waals surface area contributed by atoms with Gasteiger partial charge in [0.25, 0.3) is 0 Å². The van der Waals surface area contributed by atoms with E-state index in [2.05, 4.69) is 6.58 Å². The molecule has 1 atom stereocenters. The first-order chi connectivity index (χ1) is 10.9. The molecule has 1 N–H and O–H groups in total. The van der Waals surface area contributed by atoms with E-state index >= 15 is 0 Å². The number of rotatable bonds is 5. The van der Waals surface area contributed by atoms with Crippen LogP contribution < -0.4 is 0 Å². The average Bonchev–Trinajstić information content (AvgIpc) is 2.53. The van der Waals surface area contributed by atoms with Gasteiger partial charge in [0.05, 0.1) is 13.0 Å². The molecule has 1 fully saturated rings. The molecule has 0 aromatic heterocycles. The molecule has 1 aliphatic rings. The van der Waals surface area contributed by atoms with E-state index in [9.17, 15) is 18.7 Å². The van der Waals surface area contributed by atoms with Crippen LogP contribution in [0, 0.1) is 17.0 Å². The Morgan fingerprint density at radius 2 is 2.13 bits per heavy atom. The minimum atomic E-state index is -1.03. The Bertz CT molecular complexity index is 609. The summed E-state index contributed by atoms with van der Waals surface area (Å²) in [5, 5.41) is 9.71. The number of piperidine rings is 1. The average molecular weight is 344 g/mol. The summed E-state index contributed by atoms with van der Waals surface area (Å²) in [6, 6.07) is 1.84. The Labute approximate surface area is 139 Å².